The molecule has 0 bridgehead atoms. The zero-order valence-corrected chi connectivity index (χ0v) is 17.7. The zero-order valence-electron chi connectivity index (χ0n) is 17.7. The summed E-state index contributed by atoms with van der Waals surface area (Å²) in [6.45, 7) is 3.72. The number of hydrogen-bond donors (Lipinski definition) is 1. The quantitative estimate of drug-likeness (QED) is 0.744. The number of methoxy groups -OCH3 is 1. The van der Waals surface area contributed by atoms with Crippen LogP contribution in [0.25, 0.3) is 0 Å². The maximum atomic E-state index is 13.6. The van der Waals surface area contributed by atoms with Crippen LogP contribution in [0.4, 0.5) is 0 Å². The van der Waals surface area contributed by atoms with Gasteiger partial charge >= 0.3 is 5.97 Å². The Kier molecular flexibility index (Phi) is 6.53. The Morgan fingerprint density at radius 2 is 1.77 bits per heavy atom. The number of ether oxygens (including phenoxy) is 2. The Morgan fingerprint density at radius 3 is 2.48 bits per heavy atom. The minimum atomic E-state index is -0.599. The average molecular weight is 424 g/mol. The molecule has 4 rings (SSSR count). The maximum Gasteiger partial charge on any atom is 0.338 e. The monoisotopic (exact) mass is 424 g/mol. The molecule has 0 aromatic heterocycles. The largest absolute Gasteiger partial charge is 0.508 e. The second-order valence-electron chi connectivity index (χ2n) is 8.03. The number of phenols is 1. The maximum absolute atomic E-state index is 13.6. The molecule has 164 valence electrons. The Balaban J connectivity index is 1.67. The van der Waals surface area contributed by atoms with Crippen LogP contribution in [-0.2, 0) is 9.47 Å². The molecule has 0 aliphatic carbocycles. The number of morpholine rings is 1. The highest BCUT2D eigenvalue weighted by molar-refractivity contribution is 5.98. The van der Waals surface area contributed by atoms with Crippen LogP contribution in [0.5, 0.6) is 5.75 Å². The number of phenolic OH excluding ortho intramolecular Hbond substituents is 1. The topological polar surface area (TPSA) is 79.3 Å². The van der Waals surface area contributed by atoms with E-state index < -0.39 is 5.97 Å². The normalized spacial score (nSPS) is 21.8. The first kappa shape index (κ1) is 21.3. The molecule has 2 atom stereocenters. The summed E-state index contributed by atoms with van der Waals surface area (Å²) < 4.78 is 10.9. The number of carbonyl (C=O) groups excluding carboxylic acids is 2. The molecule has 31 heavy (non-hydrogen) atoms. The lowest BCUT2D eigenvalue weighted by atomic mass is 9.96. The molecule has 2 aromatic rings. The third-order valence-electron chi connectivity index (χ3n) is 5.98. The van der Waals surface area contributed by atoms with Gasteiger partial charge in [-0.1, -0.05) is 30.3 Å². The van der Waals surface area contributed by atoms with Gasteiger partial charge in [-0.3, -0.25) is 4.79 Å². The number of benzene rings is 2. The number of amides is 1. The molecule has 2 heterocycles. The molecule has 7 heteroatoms. The lowest BCUT2D eigenvalue weighted by Crippen LogP contribution is -2.51. The number of esters is 1. The molecule has 2 aliphatic rings. The summed E-state index contributed by atoms with van der Waals surface area (Å²) in [4.78, 5) is 29.7. The van der Waals surface area contributed by atoms with Gasteiger partial charge in [0.25, 0.3) is 5.91 Å². The molecule has 2 saturated heterocycles. The summed E-state index contributed by atoms with van der Waals surface area (Å²) in [7, 11) is 1.27. The van der Waals surface area contributed by atoms with E-state index in [2.05, 4.69) is 4.90 Å². The first-order chi connectivity index (χ1) is 15.1. The van der Waals surface area contributed by atoms with Gasteiger partial charge in [-0.25, -0.2) is 4.79 Å². The summed E-state index contributed by atoms with van der Waals surface area (Å²) in [6.07, 6.45) is 2.21. The van der Waals surface area contributed by atoms with E-state index in [4.69, 9.17) is 9.47 Å². The number of carbonyl (C=O) groups is 2. The van der Waals surface area contributed by atoms with Gasteiger partial charge in [0.1, 0.15) is 5.75 Å². The number of likely N-dealkylation sites (tertiary alicyclic amines) is 1. The molecule has 2 aliphatic heterocycles. The minimum Gasteiger partial charge on any atom is -0.508 e. The number of rotatable bonds is 5. The second kappa shape index (κ2) is 9.49. The summed E-state index contributed by atoms with van der Waals surface area (Å²) in [6, 6.07) is 13.8. The molecule has 0 saturated carbocycles. The average Bonchev–Trinajstić information content (AvgIpc) is 3.31. The molecule has 0 radical (unpaired) electrons. The van der Waals surface area contributed by atoms with Crippen molar-refractivity contribution in [1.29, 1.82) is 0 Å². The SMILES string of the molecule is COC(=O)c1cc(O)cc(C(=O)N2CCO[C@@H](CN3CCCC3)[C@@H]2c2ccccc2)c1. The predicted octanol–water partition coefficient (Wildman–Crippen LogP) is 2.86. The Hall–Kier alpha value is -2.90. The van der Waals surface area contributed by atoms with Crippen molar-refractivity contribution in [2.24, 2.45) is 0 Å². The van der Waals surface area contributed by atoms with E-state index in [0.717, 1.165) is 25.2 Å². The predicted molar refractivity (Wildman–Crippen MR) is 115 cm³/mol. The van der Waals surface area contributed by atoms with Gasteiger partial charge in [-0.15, -0.1) is 0 Å². The fraction of sp³-hybridized carbons (Fsp3) is 0.417. The lowest BCUT2D eigenvalue weighted by Gasteiger charge is -2.43. The van der Waals surface area contributed by atoms with Crippen molar-refractivity contribution in [3.8, 4) is 5.75 Å². The fourth-order valence-corrected chi connectivity index (χ4v) is 4.51. The van der Waals surface area contributed by atoms with Crippen LogP contribution in [0.3, 0.4) is 0 Å². The number of hydrogen-bond acceptors (Lipinski definition) is 6. The summed E-state index contributed by atoms with van der Waals surface area (Å²) in [5.74, 6) is -0.993. The molecule has 7 nitrogen and oxygen atoms in total. The van der Waals surface area contributed by atoms with Crippen LogP contribution in [-0.4, -0.2) is 72.8 Å². The van der Waals surface area contributed by atoms with Crippen molar-refractivity contribution in [2.75, 3.05) is 39.9 Å². The Morgan fingerprint density at radius 1 is 1.06 bits per heavy atom. The lowest BCUT2D eigenvalue weighted by molar-refractivity contribution is -0.0707. The van der Waals surface area contributed by atoms with Crippen molar-refractivity contribution in [3.05, 3.63) is 65.2 Å². The first-order valence-corrected chi connectivity index (χ1v) is 10.7. The van der Waals surface area contributed by atoms with Crippen LogP contribution in [0.15, 0.2) is 48.5 Å². The molecule has 1 N–H and O–H groups in total. The van der Waals surface area contributed by atoms with E-state index in [9.17, 15) is 14.7 Å². The molecule has 0 spiro atoms. The summed E-state index contributed by atoms with van der Waals surface area (Å²) >= 11 is 0. The van der Waals surface area contributed by atoms with Gasteiger partial charge < -0.3 is 24.4 Å². The van der Waals surface area contributed by atoms with Gasteiger partial charge in [-0.05, 0) is 49.7 Å². The molecule has 2 fully saturated rings. The standard InChI is InChI=1S/C24H28N2O5/c1-30-24(29)19-13-18(14-20(27)15-19)23(28)26-11-12-31-21(16-25-9-5-6-10-25)22(26)17-7-3-2-4-8-17/h2-4,7-8,13-15,21-22,27H,5-6,9-12,16H2,1H3/t21-,22-/m0/s1. The van der Waals surface area contributed by atoms with Crippen molar-refractivity contribution in [1.82, 2.24) is 9.80 Å². The van der Waals surface area contributed by atoms with Gasteiger partial charge in [0, 0.05) is 18.7 Å². The Labute approximate surface area is 182 Å². The minimum absolute atomic E-state index is 0.143. The van der Waals surface area contributed by atoms with Crippen LogP contribution in [0.1, 0.15) is 45.2 Å². The van der Waals surface area contributed by atoms with Gasteiger partial charge in [0.05, 0.1) is 31.4 Å². The zero-order chi connectivity index (χ0) is 21.8. The van der Waals surface area contributed by atoms with E-state index in [1.807, 2.05) is 30.3 Å². The van der Waals surface area contributed by atoms with E-state index >= 15 is 0 Å². The highest BCUT2D eigenvalue weighted by atomic mass is 16.5. The molecule has 1 amide bonds. The second-order valence-corrected chi connectivity index (χ2v) is 8.03. The number of nitrogens with zero attached hydrogens (tertiary/aromatic N) is 2. The van der Waals surface area contributed by atoms with Gasteiger partial charge in [-0.2, -0.15) is 0 Å². The van der Waals surface area contributed by atoms with E-state index in [1.54, 1.807) is 4.90 Å². The Bertz CT molecular complexity index is 927. The fourth-order valence-electron chi connectivity index (χ4n) is 4.51. The van der Waals surface area contributed by atoms with Crippen LogP contribution in [0.2, 0.25) is 0 Å². The van der Waals surface area contributed by atoms with Crippen LogP contribution < -0.4 is 0 Å². The molecule has 2 aromatic carbocycles. The molecule has 0 unspecified atom stereocenters. The summed E-state index contributed by atoms with van der Waals surface area (Å²) in [5, 5.41) is 10.1. The van der Waals surface area contributed by atoms with Gasteiger partial charge in [0.15, 0.2) is 0 Å². The third kappa shape index (κ3) is 4.73. The van der Waals surface area contributed by atoms with Crippen molar-refractivity contribution >= 4 is 11.9 Å². The van der Waals surface area contributed by atoms with E-state index in [1.165, 1.54) is 38.2 Å². The van der Waals surface area contributed by atoms with Crippen LogP contribution in [0, 0.1) is 0 Å². The first-order valence-electron chi connectivity index (χ1n) is 10.7. The van der Waals surface area contributed by atoms with Crippen molar-refractivity contribution in [2.45, 2.75) is 25.0 Å². The smallest absolute Gasteiger partial charge is 0.338 e. The van der Waals surface area contributed by atoms with E-state index in [0.29, 0.717) is 13.2 Å². The molecular formula is C24H28N2O5. The highest BCUT2D eigenvalue weighted by Gasteiger charge is 2.38. The van der Waals surface area contributed by atoms with Crippen molar-refractivity contribution < 1.29 is 24.2 Å². The van der Waals surface area contributed by atoms with Crippen LogP contribution >= 0.6 is 0 Å². The molecular weight excluding hydrogens is 396 g/mol. The van der Waals surface area contributed by atoms with Crippen molar-refractivity contribution in [3.63, 3.8) is 0 Å². The highest BCUT2D eigenvalue weighted by Crippen LogP contribution is 2.32. The van der Waals surface area contributed by atoms with Gasteiger partial charge in [0.2, 0.25) is 0 Å². The van der Waals surface area contributed by atoms with E-state index in [-0.39, 0.29) is 34.9 Å². The third-order valence-corrected chi connectivity index (χ3v) is 5.98. The summed E-state index contributed by atoms with van der Waals surface area (Å²) in [5.41, 5.74) is 1.40. The number of aromatic hydroxyl groups is 1.